The van der Waals surface area contributed by atoms with Crippen molar-refractivity contribution in [3.8, 4) is 6.07 Å². The van der Waals surface area contributed by atoms with Crippen LogP contribution in [0.5, 0.6) is 0 Å². The molecule has 2 nitrogen and oxygen atoms in total. The van der Waals surface area contributed by atoms with Crippen molar-refractivity contribution >= 4 is 0 Å². The Bertz CT molecular complexity index is 174. The third-order valence-corrected chi connectivity index (χ3v) is 2.17. The van der Waals surface area contributed by atoms with Gasteiger partial charge in [-0.1, -0.05) is 6.08 Å². The maximum absolute atomic E-state index is 8.88. The molecule has 0 aliphatic carbocycles. The molecule has 60 valence electrons. The summed E-state index contributed by atoms with van der Waals surface area (Å²) < 4.78 is 5.19. The van der Waals surface area contributed by atoms with E-state index >= 15 is 0 Å². The molecule has 1 unspecified atom stereocenters. The fourth-order valence-corrected chi connectivity index (χ4v) is 1.33. The van der Waals surface area contributed by atoms with Gasteiger partial charge >= 0.3 is 0 Å². The summed E-state index contributed by atoms with van der Waals surface area (Å²) in [5, 5.41) is 8.88. The molecule has 0 radical (unpaired) electrons. The van der Waals surface area contributed by atoms with Crippen LogP contribution in [0.3, 0.4) is 0 Å². The minimum Gasteiger partial charge on any atom is -0.380 e. The maximum Gasteiger partial charge on any atom is 0.0831 e. The summed E-state index contributed by atoms with van der Waals surface area (Å²) >= 11 is 0. The Balaban J connectivity index is 2.47. The molecule has 0 bridgehead atoms. The SMILES string of the molecule is C=CCCC1(C#N)CCOC1. The fraction of sp³-hybridized carbons (Fsp3) is 0.667. The fourth-order valence-electron chi connectivity index (χ4n) is 1.33. The molecule has 1 rings (SSSR count). The van der Waals surface area contributed by atoms with E-state index < -0.39 is 0 Å². The van der Waals surface area contributed by atoms with E-state index in [1.54, 1.807) is 0 Å². The summed E-state index contributed by atoms with van der Waals surface area (Å²) in [6, 6.07) is 2.34. The second-order valence-electron chi connectivity index (χ2n) is 3.02. The molecule has 1 fully saturated rings. The maximum atomic E-state index is 8.88. The number of rotatable bonds is 3. The summed E-state index contributed by atoms with van der Waals surface area (Å²) in [4.78, 5) is 0. The first-order chi connectivity index (χ1) is 5.33. The van der Waals surface area contributed by atoms with Gasteiger partial charge in [0.1, 0.15) is 0 Å². The first kappa shape index (κ1) is 8.29. The third-order valence-electron chi connectivity index (χ3n) is 2.17. The van der Waals surface area contributed by atoms with E-state index in [1.807, 2.05) is 6.08 Å². The monoisotopic (exact) mass is 151 g/mol. The van der Waals surface area contributed by atoms with Crippen molar-refractivity contribution in [3.63, 3.8) is 0 Å². The van der Waals surface area contributed by atoms with Crippen LogP contribution >= 0.6 is 0 Å². The number of nitriles is 1. The smallest absolute Gasteiger partial charge is 0.0831 e. The van der Waals surface area contributed by atoms with Crippen molar-refractivity contribution in [2.24, 2.45) is 5.41 Å². The van der Waals surface area contributed by atoms with Gasteiger partial charge in [-0.05, 0) is 19.3 Å². The first-order valence-corrected chi connectivity index (χ1v) is 3.93. The summed E-state index contributed by atoms with van der Waals surface area (Å²) in [5.41, 5.74) is -0.200. The Hall–Kier alpha value is -0.810. The number of hydrogen-bond donors (Lipinski definition) is 0. The molecule has 2 heteroatoms. The summed E-state index contributed by atoms with van der Waals surface area (Å²) in [6.45, 7) is 4.99. The first-order valence-electron chi connectivity index (χ1n) is 3.93. The van der Waals surface area contributed by atoms with Crippen molar-refractivity contribution in [2.75, 3.05) is 13.2 Å². The molecule has 0 spiro atoms. The Kier molecular flexibility index (Phi) is 2.67. The van der Waals surface area contributed by atoms with E-state index in [4.69, 9.17) is 10.00 Å². The zero-order chi connectivity index (χ0) is 8.16. The van der Waals surface area contributed by atoms with Gasteiger partial charge < -0.3 is 4.74 Å². The van der Waals surface area contributed by atoms with Gasteiger partial charge in [-0.2, -0.15) is 5.26 Å². The third kappa shape index (κ3) is 1.81. The predicted octanol–water partition coefficient (Wildman–Crippen LogP) is 1.88. The molecule has 0 aromatic rings. The number of allylic oxidation sites excluding steroid dienone is 1. The van der Waals surface area contributed by atoms with Crippen molar-refractivity contribution in [3.05, 3.63) is 12.7 Å². The molecule has 1 aliphatic heterocycles. The van der Waals surface area contributed by atoms with Crippen LogP contribution in [0.2, 0.25) is 0 Å². The summed E-state index contributed by atoms with van der Waals surface area (Å²) in [6.07, 6.45) is 4.55. The molecule has 1 aliphatic rings. The van der Waals surface area contributed by atoms with Crippen LogP contribution in [-0.4, -0.2) is 13.2 Å². The van der Waals surface area contributed by atoms with Gasteiger partial charge in [0.2, 0.25) is 0 Å². The van der Waals surface area contributed by atoms with Crippen LogP contribution in [0.25, 0.3) is 0 Å². The lowest BCUT2D eigenvalue weighted by Crippen LogP contribution is -2.17. The van der Waals surface area contributed by atoms with Gasteiger partial charge in [0.05, 0.1) is 18.1 Å². The van der Waals surface area contributed by atoms with Crippen LogP contribution in [0.15, 0.2) is 12.7 Å². The van der Waals surface area contributed by atoms with Crippen molar-refractivity contribution in [1.29, 1.82) is 5.26 Å². The van der Waals surface area contributed by atoms with Crippen LogP contribution in [-0.2, 0) is 4.74 Å². The quantitative estimate of drug-likeness (QED) is 0.577. The number of nitrogens with zero attached hydrogens (tertiary/aromatic N) is 1. The minimum atomic E-state index is -0.200. The van der Waals surface area contributed by atoms with Crippen LogP contribution in [0.1, 0.15) is 19.3 Å². The molecular formula is C9H13NO. The average molecular weight is 151 g/mol. The van der Waals surface area contributed by atoms with E-state index in [0.717, 1.165) is 25.9 Å². The molecule has 11 heavy (non-hydrogen) atoms. The zero-order valence-corrected chi connectivity index (χ0v) is 6.68. The lowest BCUT2D eigenvalue weighted by atomic mass is 9.84. The molecule has 0 amide bonds. The molecule has 0 saturated carbocycles. The molecule has 1 atom stereocenters. The highest BCUT2D eigenvalue weighted by molar-refractivity contribution is 5.02. The van der Waals surface area contributed by atoms with Gasteiger partial charge in [-0.25, -0.2) is 0 Å². The number of ether oxygens (including phenoxy) is 1. The van der Waals surface area contributed by atoms with Gasteiger partial charge in [0.15, 0.2) is 0 Å². The van der Waals surface area contributed by atoms with Crippen molar-refractivity contribution in [2.45, 2.75) is 19.3 Å². The highest BCUT2D eigenvalue weighted by Crippen LogP contribution is 2.32. The molecule has 0 aromatic heterocycles. The summed E-state index contributed by atoms with van der Waals surface area (Å²) in [7, 11) is 0. The van der Waals surface area contributed by atoms with Gasteiger partial charge in [0, 0.05) is 6.61 Å². The minimum absolute atomic E-state index is 0.200. The molecule has 1 heterocycles. The molecule has 0 aromatic carbocycles. The number of hydrogen-bond acceptors (Lipinski definition) is 2. The van der Waals surface area contributed by atoms with E-state index in [-0.39, 0.29) is 5.41 Å². The van der Waals surface area contributed by atoms with E-state index in [0.29, 0.717) is 6.61 Å². The van der Waals surface area contributed by atoms with Gasteiger partial charge in [0.25, 0.3) is 0 Å². The second-order valence-corrected chi connectivity index (χ2v) is 3.02. The zero-order valence-electron chi connectivity index (χ0n) is 6.68. The standard InChI is InChI=1S/C9H13NO/c1-2-3-4-9(7-10)5-6-11-8-9/h2H,1,3-6,8H2. The second kappa shape index (κ2) is 3.54. The Morgan fingerprint density at radius 1 is 1.73 bits per heavy atom. The lowest BCUT2D eigenvalue weighted by Gasteiger charge is -2.16. The van der Waals surface area contributed by atoms with Crippen molar-refractivity contribution < 1.29 is 4.74 Å². The van der Waals surface area contributed by atoms with E-state index in [1.165, 1.54) is 0 Å². The Morgan fingerprint density at radius 3 is 3.00 bits per heavy atom. The highest BCUT2D eigenvalue weighted by atomic mass is 16.5. The predicted molar refractivity (Wildman–Crippen MR) is 42.9 cm³/mol. The van der Waals surface area contributed by atoms with Gasteiger partial charge in [-0.15, -0.1) is 6.58 Å². The van der Waals surface area contributed by atoms with E-state index in [9.17, 15) is 0 Å². The van der Waals surface area contributed by atoms with Gasteiger partial charge in [-0.3, -0.25) is 0 Å². The van der Waals surface area contributed by atoms with Crippen molar-refractivity contribution in [1.82, 2.24) is 0 Å². The summed E-state index contributed by atoms with van der Waals surface area (Å²) in [5.74, 6) is 0. The van der Waals surface area contributed by atoms with Crippen LogP contribution in [0, 0.1) is 16.7 Å². The Labute approximate surface area is 67.5 Å². The van der Waals surface area contributed by atoms with Crippen LogP contribution < -0.4 is 0 Å². The average Bonchev–Trinajstić information content (AvgIpc) is 2.50. The normalized spacial score (nSPS) is 29.7. The topological polar surface area (TPSA) is 33.0 Å². The van der Waals surface area contributed by atoms with Crippen LogP contribution in [0.4, 0.5) is 0 Å². The largest absolute Gasteiger partial charge is 0.380 e. The Morgan fingerprint density at radius 2 is 2.55 bits per heavy atom. The molecule has 1 saturated heterocycles. The lowest BCUT2D eigenvalue weighted by molar-refractivity contribution is 0.169. The van der Waals surface area contributed by atoms with E-state index in [2.05, 4.69) is 12.6 Å². The highest BCUT2D eigenvalue weighted by Gasteiger charge is 2.33. The molecular weight excluding hydrogens is 138 g/mol. The molecule has 0 N–H and O–H groups in total.